The highest BCUT2D eigenvalue weighted by atomic mass is 16.3. The molecule has 0 fully saturated rings. The van der Waals surface area contributed by atoms with Crippen LogP contribution < -0.4 is 0 Å². The molecule has 23 heavy (non-hydrogen) atoms. The van der Waals surface area contributed by atoms with Gasteiger partial charge in [0.05, 0.1) is 0 Å². The van der Waals surface area contributed by atoms with Gasteiger partial charge in [0.15, 0.2) is 0 Å². The van der Waals surface area contributed by atoms with Gasteiger partial charge in [0.1, 0.15) is 5.60 Å². The van der Waals surface area contributed by atoms with Crippen molar-refractivity contribution in [3.05, 3.63) is 82.9 Å². The Hall–Kier alpha value is -2.12. The molecule has 1 nitrogen and oxygen atoms in total. The Bertz CT molecular complexity index is 762. The van der Waals surface area contributed by atoms with E-state index in [1.165, 1.54) is 16.7 Å². The number of rotatable bonds is 3. The third-order valence-corrected chi connectivity index (χ3v) is 4.72. The summed E-state index contributed by atoms with van der Waals surface area (Å²) in [5, 5.41) is 11.5. The van der Waals surface area contributed by atoms with Gasteiger partial charge in [0.25, 0.3) is 0 Å². The molecule has 0 bridgehead atoms. The first-order valence-corrected chi connectivity index (χ1v) is 8.24. The molecule has 0 aliphatic heterocycles. The zero-order valence-corrected chi connectivity index (χ0v) is 14.3. The normalized spacial score (nSPS) is 20.7. The van der Waals surface area contributed by atoms with Crippen molar-refractivity contribution in [2.45, 2.75) is 33.3 Å². The van der Waals surface area contributed by atoms with Crippen LogP contribution >= 0.6 is 0 Å². The highest BCUT2D eigenvalue weighted by Gasteiger charge is 2.51. The predicted octanol–water partition coefficient (Wildman–Crippen LogP) is 5.33. The van der Waals surface area contributed by atoms with Gasteiger partial charge in [-0.15, -0.1) is 0 Å². The van der Waals surface area contributed by atoms with Gasteiger partial charge in [-0.1, -0.05) is 80.1 Å². The highest BCUT2D eigenvalue weighted by Crippen LogP contribution is 2.58. The Labute approximate surface area is 139 Å². The van der Waals surface area contributed by atoms with Gasteiger partial charge in [0.2, 0.25) is 0 Å². The van der Waals surface area contributed by atoms with Crippen LogP contribution in [-0.2, 0) is 0 Å². The lowest BCUT2D eigenvalue weighted by molar-refractivity contribution is 0.0856. The SMILES string of the molecule is CC(C)=C1C(c2ccccc2)=C(c2ccccc2)C1(O)C(C)C. The van der Waals surface area contributed by atoms with E-state index in [-0.39, 0.29) is 5.92 Å². The molecule has 1 aliphatic carbocycles. The maximum Gasteiger partial charge on any atom is 0.119 e. The van der Waals surface area contributed by atoms with Gasteiger partial charge in [-0.05, 0) is 42.0 Å². The van der Waals surface area contributed by atoms with Gasteiger partial charge >= 0.3 is 0 Å². The van der Waals surface area contributed by atoms with Gasteiger partial charge in [-0.25, -0.2) is 0 Å². The fraction of sp³-hybridized carbons (Fsp3) is 0.273. The molecule has 118 valence electrons. The molecular weight excluding hydrogens is 280 g/mol. The van der Waals surface area contributed by atoms with E-state index in [2.05, 4.69) is 64.1 Å². The molecule has 2 aromatic carbocycles. The fourth-order valence-corrected chi connectivity index (χ4v) is 3.64. The summed E-state index contributed by atoms with van der Waals surface area (Å²) < 4.78 is 0. The Morgan fingerprint density at radius 1 is 0.826 bits per heavy atom. The van der Waals surface area contributed by atoms with Crippen LogP contribution in [0.2, 0.25) is 0 Å². The molecular formula is C22H24O. The largest absolute Gasteiger partial charge is 0.380 e. The van der Waals surface area contributed by atoms with E-state index in [9.17, 15) is 5.11 Å². The maximum absolute atomic E-state index is 11.5. The summed E-state index contributed by atoms with van der Waals surface area (Å²) in [6.45, 7) is 8.36. The summed E-state index contributed by atoms with van der Waals surface area (Å²) in [5.74, 6) is 0.120. The lowest BCUT2D eigenvalue weighted by Crippen LogP contribution is -2.47. The van der Waals surface area contributed by atoms with Crippen molar-refractivity contribution in [3.8, 4) is 0 Å². The standard InChI is InChI=1S/C22H24O/c1-15(2)20-19(17-11-7-5-8-12-17)21(22(20,23)16(3)4)18-13-9-6-10-14-18/h5-14,16,23H,1-4H3. The van der Waals surface area contributed by atoms with Crippen LogP contribution in [0.4, 0.5) is 0 Å². The summed E-state index contributed by atoms with van der Waals surface area (Å²) in [6, 6.07) is 20.7. The minimum Gasteiger partial charge on any atom is -0.380 e. The lowest BCUT2D eigenvalue weighted by Gasteiger charge is -2.49. The highest BCUT2D eigenvalue weighted by molar-refractivity contribution is 6.13. The van der Waals surface area contributed by atoms with Crippen molar-refractivity contribution < 1.29 is 5.11 Å². The van der Waals surface area contributed by atoms with Crippen molar-refractivity contribution in [3.63, 3.8) is 0 Å². The second kappa shape index (κ2) is 5.82. The third kappa shape index (κ3) is 2.36. The summed E-state index contributed by atoms with van der Waals surface area (Å²) in [6.07, 6.45) is 0. The number of hydrogen-bond donors (Lipinski definition) is 1. The second-order valence-electron chi connectivity index (χ2n) is 6.78. The Morgan fingerprint density at radius 2 is 1.30 bits per heavy atom. The van der Waals surface area contributed by atoms with Crippen LogP contribution in [0.5, 0.6) is 0 Å². The van der Waals surface area contributed by atoms with E-state index in [1.807, 2.05) is 24.3 Å². The summed E-state index contributed by atoms with van der Waals surface area (Å²) in [5.41, 5.74) is 5.90. The van der Waals surface area contributed by atoms with Crippen molar-refractivity contribution >= 4 is 11.1 Å². The van der Waals surface area contributed by atoms with Gasteiger partial charge in [-0.2, -0.15) is 0 Å². The maximum atomic E-state index is 11.5. The molecule has 0 heterocycles. The van der Waals surface area contributed by atoms with Crippen LogP contribution in [-0.4, -0.2) is 10.7 Å². The van der Waals surface area contributed by atoms with Gasteiger partial charge in [0, 0.05) is 5.57 Å². The van der Waals surface area contributed by atoms with Crippen LogP contribution in [0.15, 0.2) is 71.8 Å². The van der Waals surface area contributed by atoms with Gasteiger partial charge < -0.3 is 5.11 Å². The smallest absolute Gasteiger partial charge is 0.119 e. The zero-order valence-electron chi connectivity index (χ0n) is 14.3. The number of allylic oxidation sites excluding steroid dienone is 1. The van der Waals surface area contributed by atoms with Crippen molar-refractivity contribution in [1.29, 1.82) is 0 Å². The minimum atomic E-state index is -0.884. The van der Waals surface area contributed by atoms with Crippen LogP contribution in [0, 0.1) is 5.92 Å². The molecule has 0 radical (unpaired) electrons. The number of hydrogen-bond acceptors (Lipinski definition) is 1. The molecule has 0 aromatic heterocycles. The van der Waals surface area contributed by atoms with E-state index < -0.39 is 5.60 Å². The van der Waals surface area contributed by atoms with Crippen LogP contribution in [0.1, 0.15) is 38.8 Å². The Morgan fingerprint density at radius 3 is 1.74 bits per heavy atom. The van der Waals surface area contributed by atoms with E-state index in [1.54, 1.807) is 0 Å². The Balaban J connectivity index is 2.34. The quantitative estimate of drug-likeness (QED) is 0.812. The molecule has 1 unspecified atom stereocenters. The lowest BCUT2D eigenvalue weighted by atomic mass is 9.58. The predicted molar refractivity (Wildman–Crippen MR) is 97.9 cm³/mol. The first-order chi connectivity index (χ1) is 11.0. The van der Waals surface area contributed by atoms with Crippen molar-refractivity contribution in [2.75, 3.05) is 0 Å². The molecule has 0 saturated heterocycles. The van der Waals surface area contributed by atoms with E-state index in [0.29, 0.717) is 0 Å². The molecule has 0 spiro atoms. The average Bonchev–Trinajstić information content (AvgIpc) is 2.53. The molecule has 1 N–H and O–H groups in total. The van der Waals surface area contributed by atoms with E-state index >= 15 is 0 Å². The zero-order chi connectivity index (χ0) is 16.6. The first-order valence-electron chi connectivity index (χ1n) is 8.24. The molecule has 1 heteroatoms. The van der Waals surface area contributed by atoms with Crippen LogP contribution in [0.25, 0.3) is 11.1 Å². The monoisotopic (exact) mass is 304 g/mol. The molecule has 0 saturated carbocycles. The first kappa shape index (κ1) is 15.8. The van der Waals surface area contributed by atoms with E-state index in [4.69, 9.17) is 0 Å². The van der Waals surface area contributed by atoms with Gasteiger partial charge in [-0.3, -0.25) is 0 Å². The van der Waals surface area contributed by atoms with Crippen LogP contribution in [0.3, 0.4) is 0 Å². The summed E-state index contributed by atoms with van der Waals surface area (Å²) in [7, 11) is 0. The number of benzene rings is 2. The van der Waals surface area contributed by atoms with E-state index in [0.717, 1.165) is 16.7 Å². The molecule has 0 amide bonds. The fourth-order valence-electron chi connectivity index (χ4n) is 3.64. The second-order valence-corrected chi connectivity index (χ2v) is 6.78. The number of aliphatic hydroxyl groups is 1. The topological polar surface area (TPSA) is 20.2 Å². The summed E-state index contributed by atoms with van der Waals surface area (Å²) >= 11 is 0. The third-order valence-electron chi connectivity index (χ3n) is 4.72. The van der Waals surface area contributed by atoms with Crippen molar-refractivity contribution in [2.24, 2.45) is 5.92 Å². The minimum absolute atomic E-state index is 0.120. The molecule has 1 atom stereocenters. The molecule has 2 aromatic rings. The molecule has 1 aliphatic rings. The Kier molecular flexibility index (Phi) is 3.99. The summed E-state index contributed by atoms with van der Waals surface area (Å²) in [4.78, 5) is 0. The van der Waals surface area contributed by atoms with Crippen molar-refractivity contribution in [1.82, 2.24) is 0 Å². The average molecular weight is 304 g/mol. The molecule has 3 rings (SSSR count).